The molecule has 28 heavy (non-hydrogen) atoms. The highest BCUT2D eigenvalue weighted by Crippen LogP contribution is 2.57. The largest absolute Gasteiger partial charge is 0.507 e. The van der Waals surface area contributed by atoms with Gasteiger partial charge in [0, 0.05) is 29.6 Å². The van der Waals surface area contributed by atoms with Crippen LogP contribution >= 0.6 is 12.6 Å². The molecule has 148 valence electrons. The van der Waals surface area contributed by atoms with Crippen LogP contribution in [0.4, 0.5) is 0 Å². The van der Waals surface area contributed by atoms with E-state index in [0.29, 0.717) is 18.0 Å². The molecular weight excluding hydrogens is 382 g/mol. The SMILES string of the molecule is CC(=O)c1c(O)c(C)c(O)c2c1OC1=CC(=O)C(=C(C)NCCS)C(=O)C12C. The predicted octanol–water partition coefficient (Wildman–Crippen LogP) is 2.09. The van der Waals surface area contributed by atoms with Gasteiger partial charge in [0.1, 0.15) is 34.0 Å². The maximum absolute atomic E-state index is 13.4. The lowest BCUT2D eigenvalue weighted by Crippen LogP contribution is -2.41. The van der Waals surface area contributed by atoms with Gasteiger partial charge in [-0.25, -0.2) is 0 Å². The monoisotopic (exact) mass is 403 g/mol. The highest BCUT2D eigenvalue weighted by Gasteiger charge is 2.56. The summed E-state index contributed by atoms with van der Waals surface area (Å²) in [5.41, 5.74) is -1.12. The summed E-state index contributed by atoms with van der Waals surface area (Å²) in [5, 5.41) is 24.0. The van der Waals surface area contributed by atoms with Gasteiger partial charge in [-0.05, 0) is 27.7 Å². The number of benzene rings is 1. The number of carbonyl (C=O) groups is 3. The molecule has 0 saturated carbocycles. The van der Waals surface area contributed by atoms with Crippen LogP contribution in [0.5, 0.6) is 17.2 Å². The Morgan fingerprint density at radius 1 is 1.25 bits per heavy atom. The molecule has 0 spiro atoms. The zero-order valence-corrected chi connectivity index (χ0v) is 16.9. The average molecular weight is 403 g/mol. The van der Waals surface area contributed by atoms with Crippen molar-refractivity contribution in [3.8, 4) is 17.2 Å². The molecule has 1 atom stereocenters. The van der Waals surface area contributed by atoms with Gasteiger partial charge in [0.05, 0.1) is 11.1 Å². The number of fused-ring (bicyclic) bond motifs is 3. The molecule has 0 fully saturated rings. The van der Waals surface area contributed by atoms with E-state index in [0.717, 1.165) is 0 Å². The zero-order chi connectivity index (χ0) is 21.0. The van der Waals surface area contributed by atoms with Crippen molar-refractivity contribution < 1.29 is 29.3 Å². The Morgan fingerprint density at radius 2 is 1.89 bits per heavy atom. The van der Waals surface area contributed by atoms with E-state index in [4.69, 9.17) is 4.74 Å². The second kappa shape index (κ2) is 6.70. The van der Waals surface area contributed by atoms with Gasteiger partial charge in [0.2, 0.25) is 0 Å². The van der Waals surface area contributed by atoms with Crippen molar-refractivity contribution >= 4 is 30.0 Å². The van der Waals surface area contributed by atoms with Crippen molar-refractivity contribution in [1.82, 2.24) is 5.32 Å². The third-order valence-electron chi connectivity index (χ3n) is 5.26. The summed E-state index contributed by atoms with van der Waals surface area (Å²) in [6, 6.07) is 0. The van der Waals surface area contributed by atoms with Gasteiger partial charge in [0.25, 0.3) is 0 Å². The van der Waals surface area contributed by atoms with Crippen molar-refractivity contribution in [2.24, 2.45) is 0 Å². The number of rotatable bonds is 4. The van der Waals surface area contributed by atoms with Crippen molar-refractivity contribution in [2.45, 2.75) is 33.1 Å². The number of hydrogen-bond donors (Lipinski definition) is 4. The third-order valence-corrected chi connectivity index (χ3v) is 5.49. The van der Waals surface area contributed by atoms with Crippen LogP contribution in [0.2, 0.25) is 0 Å². The summed E-state index contributed by atoms with van der Waals surface area (Å²) in [4.78, 5) is 38.1. The highest BCUT2D eigenvalue weighted by atomic mass is 32.1. The maximum Gasteiger partial charge on any atom is 0.194 e. The lowest BCUT2D eigenvalue weighted by Gasteiger charge is -2.29. The van der Waals surface area contributed by atoms with E-state index in [-0.39, 0.29) is 39.5 Å². The molecule has 3 rings (SSSR count). The summed E-state index contributed by atoms with van der Waals surface area (Å²) in [7, 11) is 0. The van der Waals surface area contributed by atoms with Crippen LogP contribution in [0.3, 0.4) is 0 Å². The van der Waals surface area contributed by atoms with E-state index < -0.39 is 28.5 Å². The van der Waals surface area contributed by atoms with E-state index in [2.05, 4.69) is 17.9 Å². The molecule has 3 N–H and O–H groups in total. The van der Waals surface area contributed by atoms with Crippen LogP contribution in [0.1, 0.15) is 42.3 Å². The van der Waals surface area contributed by atoms with Gasteiger partial charge < -0.3 is 20.3 Å². The number of carbonyl (C=O) groups excluding carboxylic acids is 3. The molecule has 0 aromatic heterocycles. The van der Waals surface area contributed by atoms with E-state index in [1.165, 1.54) is 26.8 Å². The number of ether oxygens (including phenoxy) is 1. The van der Waals surface area contributed by atoms with Gasteiger partial charge in [-0.2, -0.15) is 12.6 Å². The van der Waals surface area contributed by atoms with E-state index in [1.807, 2.05) is 0 Å². The van der Waals surface area contributed by atoms with Gasteiger partial charge in [-0.15, -0.1) is 0 Å². The van der Waals surface area contributed by atoms with E-state index >= 15 is 0 Å². The lowest BCUT2D eigenvalue weighted by atomic mass is 9.70. The van der Waals surface area contributed by atoms with Crippen LogP contribution in [-0.2, 0) is 15.0 Å². The van der Waals surface area contributed by atoms with Crippen LogP contribution in [0, 0.1) is 6.92 Å². The number of nitrogens with one attached hydrogen (secondary N) is 1. The summed E-state index contributed by atoms with van der Waals surface area (Å²) >= 11 is 4.11. The van der Waals surface area contributed by atoms with Gasteiger partial charge in [-0.3, -0.25) is 14.4 Å². The van der Waals surface area contributed by atoms with Crippen molar-refractivity contribution in [3.05, 3.63) is 39.8 Å². The second-order valence-electron chi connectivity index (χ2n) is 7.04. The van der Waals surface area contributed by atoms with Gasteiger partial charge >= 0.3 is 0 Å². The molecule has 1 aliphatic carbocycles. The van der Waals surface area contributed by atoms with Crippen LogP contribution in [0.25, 0.3) is 0 Å². The normalized spacial score (nSPS) is 22.2. The summed E-state index contributed by atoms with van der Waals surface area (Å²) in [5.74, 6) is -1.87. The molecule has 0 saturated heterocycles. The fraction of sp³-hybridized carbons (Fsp3) is 0.350. The Bertz CT molecular complexity index is 1010. The number of allylic oxidation sites excluding steroid dienone is 4. The van der Waals surface area contributed by atoms with Gasteiger partial charge in [0.15, 0.2) is 17.3 Å². The molecule has 1 unspecified atom stereocenters. The number of phenols is 2. The minimum atomic E-state index is -1.49. The first-order chi connectivity index (χ1) is 13.1. The smallest absolute Gasteiger partial charge is 0.194 e. The second-order valence-corrected chi connectivity index (χ2v) is 7.48. The molecular formula is C20H21NO6S. The quantitative estimate of drug-likeness (QED) is 0.263. The molecule has 1 aromatic carbocycles. The fourth-order valence-electron chi connectivity index (χ4n) is 3.69. The maximum atomic E-state index is 13.4. The van der Waals surface area contributed by atoms with Crippen molar-refractivity contribution in [2.75, 3.05) is 12.3 Å². The van der Waals surface area contributed by atoms with Crippen molar-refractivity contribution in [1.29, 1.82) is 0 Å². The molecule has 0 bridgehead atoms. The first-order valence-corrected chi connectivity index (χ1v) is 9.35. The minimum absolute atomic E-state index is 0.0195. The molecule has 1 aromatic rings. The van der Waals surface area contributed by atoms with Crippen molar-refractivity contribution in [3.63, 3.8) is 0 Å². The number of phenolic OH excluding ortho intramolecular Hbond substituents is 2. The summed E-state index contributed by atoms with van der Waals surface area (Å²) in [6.07, 6.45) is 1.19. The average Bonchev–Trinajstić information content (AvgIpc) is 2.91. The Hall–Kier alpha value is -2.74. The molecule has 1 heterocycles. The number of thiol groups is 1. The minimum Gasteiger partial charge on any atom is -0.507 e. The third kappa shape index (κ3) is 2.55. The molecule has 2 aliphatic rings. The summed E-state index contributed by atoms with van der Waals surface area (Å²) < 4.78 is 5.70. The Balaban J connectivity index is 2.32. The zero-order valence-electron chi connectivity index (χ0n) is 16.0. The van der Waals surface area contributed by atoms with Crippen LogP contribution < -0.4 is 10.1 Å². The predicted molar refractivity (Wildman–Crippen MR) is 105 cm³/mol. The van der Waals surface area contributed by atoms with Gasteiger partial charge in [-0.1, -0.05) is 0 Å². The molecule has 8 heteroatoms. The number of hydrogen-bond acceptors (Lipinski definition) is 8. The Kier molecular flexibility index (Phi) is 4.79. The topological polar surface area (TPSA) is 113 Å². The molecule has 1 aliphatic heterocycles. The van der Waals surface area contributed by atoms with Crippen LogP contribution in [0.15, 0.2) is 23.1 Å². The molecule has 7 nitrogen and oxygen atoms in total. The first kappa shape index (κ1) is 20.0. The van der Waals surface area contributed by atoms with E-state index in [1.54, 1.807) is 6.92 Å². The number of Topliss-reactive ketones (excluding diaryl/α,β-unsaturated/α-hetero) is 2. The standard InChI is InChI=1S/C20H21NO6S/c1-8-16(24)14(10(3)22)18-15(17(8)25)20(4)12(27-18)7-11(23)13(19(20)26)9(2)21-5-6-28/h7,21,24-25,28H,5-6H2,1-4H3. The summed E-state index contributed by atoms with van der Waals surface area (Å²) in [6.45, 7) is 6.31. The lowest BCUT2D eigenvalue weighted by molar-refractivity contribution is -0.123. The fourth-order valence-corrected chi connectivity index (χ4v) is 3.81. The number of ketones is 3. The van der Waals surface area contributed by atoms with Crippen LogP contribution in [-0.4, -0.2) is 39.9 Å². The molecule has 0 radical (unpaired) electrons. The highest BCUT2D eigenvalue weighted by molar-refractivity contribution is 7.80. The number of aromatic hydroxyl groups is 2. The Labute approximate surface area is 167 Å². The first-order valence-electron chi connectivity index (χ1n) is 8.71. The Morgan fingerprint density at radius 3 is 2.46 bits per heavy atom. The van der Waals surface area contributed by atoms with E-state index in [9.17, 15) is 24.6 Å². The molecule has 0 amide bonds.